The van der Waals surface area contributed by atoms with E-state index < -0.39 is 10.0 Å². The molecule has 8 heteroatoms. The van der Waals surface area contributed by atoms with E-state index >= 15 is 0 Å². The van der Waals surface area contributed by atoms with E-state index in [-0.39, 0.29) is 10.8 Å². The predicted octanol–water partition coefficient (Wildman–Crippen LogP) is -0.0816. The van der Waals surface area contributed by atoms with Crippen molar-refractivity contribution in [2.75, 3.05) is 39.3 Å². The van der Waals surface area contributed by atoms with E-state index in [1.807, 2.05) is 11.0 Å². The highest BCUT2D eigenvalue weighted by atomic mass is 32.2. The quantitative estimate of drug-likeness (QED) is 0.841. The molecule has 0 bridgehead atoms. The topological polar surface area (TPSA) is 84.6 Å². The van der Waals surface area contributed by atoms with E-state index in [9.17, 15) is 8.42 Å². The predicted molar refractivity (Wildman–Crippen MR) is 71.3 cm³/mol. The van der Waals surface area contributed by atoms with Crippen LogP contribution >= 0.6 is 11.3 Å². The minimum absolute atomic E-state index is 0.0865. The van der Waals surface area contributed by atoms with Gasteiger partial charge in [-0.15, -0.1) is 11.3 Å². The van der Waals surface area contributed by atoms with E-state index in [1.165, 1.54) is 16.4 Å². The summed E-state index contributed by atoms with van der Waals surface area (Å²) in [5.41, 5.74) is 0. The Balaban J connectivity index is 2.08. The van der Waals surface area contributed by atoms with Gasteiger partial charge in [-0.05, 0) is 12.1 Å². The summed E-state index contributed by atoms with van der Waals surface area (Å²) in [4.78, 5) is 2.43. The van der Waals surface area contributed by atoms with E-state index in [4.69, 9.17) is 10.4 Å². The van der Waals surface area contributed by atoms with Crippen LogP contribution in [0.1, 0.15) is 4.88 Å². The third-order valence-electron chi connectivity index (χ3n) is 3.03. The molecule has 0 atom stereocenters. The second kappa shape index (κ2) is 5.98. The van der Waals surface area contributed by atoms with Crippen molar-refractivity contribution >= 4 is 21.4 Å². The molecule has 1 aliphatic heterocycles. The average molecular weight is 301 g/mol. The molecule has 0 aromatic carbocycles. The zero-order chi connectivity index (χ0) is 13.9. The van der Waals surface area contributed by atoms with Gasteiger partial charge in [0.2, 0.25) is 0 Å². The Bertz CT molecular complexity index is 568. The maximum absolute atomic E-state index is 12.3. The van der Waals surface area contributed by atoms with Crippen molar-refractivity contribution in [3.05, 3.63) is 17.0 Å². The normalized spacial score (nSPS) is 18.3. The van der Waals surface area contributed by atoms with Crippen molar-refractivity contribution in [3.8, 4) is 6.07 Å². The number of thiophene rings is 1. The maximum Gasteiger partial charge on any atom is 0.252 e. The molecule has 0 saturated carbocycles. The third kappa shape index (κ3) is 3.13. The van der Waals surface area contributed by atoms with Crippen molar-refractivity contribution in [1.82, 2.24) is 9.21 Å². The number of piperazine rings is 1. The highest BCUT2D eigenvalue weighted by molar-refractivity contribution is 7.91. The van der Waals surface area contributed by atoms with Crippen LogP contribution < -0.4 is 0 Å². The van der Waals surface area contributed by atoms with Crippen LogP contribution in [-0.4, -0.2) is 62.1 Å². The molecule has 1 aromatic rings. The van der Waals surface area contributed by atoms with Gasteiger partial charge >= 0.3 is 0 Å². The third-order valence-corrected chi connectivity index (χ3v) is 6.39. The summed E-state index contributed by atoms with van der Waals surface area (Å²) in [6, 6.07) is 4.96. The lowest BCUT2D eigenvalue weighted by atomic mass is 10.4. The lowest BCUT2D eigenvalue weighted by Crippen LogP contribution is -2.49. The molecule has 1 N–H and O–H groups in total. The number of β-amino-alcohol motifs (C(OH)–C–C–N with tert-alkyl or cyclic N) is 1. The summed E-state index contributed by atoms with van der Waals surface area (Å²) >= 11 is 1.00. The molecule has 104 valence electrons. The van der Waals surface area contributed by atoms with E-state index in [0.717, 1.165) is 11.3 Å². The Hall–Kier alpha value is -0.980. The van der Waals surface area contributed by atoms with Gasteiger partial charge in [0.15, 0.2) is 0 Å². The Morgan fingerprint density at radius 3 is 2.53 bits per heavy atom. The van der Waals surface area contributed by atoms with Crippen LogP contribution in [0.3, 0.4) is 0 Å². The number of hydrogen-bond donors (Lipinski definition) is 1. The number of sulfonamides is 1. The zero-order valence-electron chi connectivity index (χ0n) is 10.3. The summed E-state index contributed by atoms with van der Waals surface area (Å²) in [5, 5.41) is 17.6. The summed E-state index contributed by atoms with van der Waals surface area (Å²) in [5.74, 6) is 0. The van der Waals surface area contributed by atoms with Gasteiger partial charge in [-0.25, -0.2) is 8.42 Å². The highest BCUT2D eigenvalue weighted by Crippen LogP contribution is 2.25. The Kier molecular flexibility index (Phi) is 4.54. The SMILES string of the molecule is N#Cc1ccc(S(=O)(=O)N2CCN(CCO)CC2)s1. The van der Waals surface area contributed by atoms with Gasteiger partial charge in [-0.3, -0.25) is 4.90 Å². The Morgan fingerprint density at radius 1 is 1.32 bits per heavy atom. The summed E-state index contributed by atoms with van der Waals surface area (Å²) < 4.78 is 26.3. The van der Waals surface area contributed by atoms with Crippen LogP contribution in [0.25, 0.3) is 0 Å². The molecule has 2 rings (SSSR count). The first-order chi connectivity index (χ1) is 9.07. The lowest BCUT2D eigenvalue weighted by Gasteiger charge is -2.33. The van der Waals surface area contributed by atoms with Crippen molar-refractivity contribution in [1.29, 1.82) is 5.26 Å². The minimum Gasteiger partial charge on any atom is -0.395 e. The van der Waals surface area contributed by atoms with Crippen LogP contribution in [0, 0.1) is 11.3 Å². The molecule has 2 heterocycles. The number of nitriles is 1. The van der Waals surface area contributed by atoms with Gasteiger partial charge in [-0.2, -0.15) is 9.57 Å². The van der Waals surface area contributed by atoms with Gasteiger partial charge in [0.1, 0.15) is 15.2 Å². The van der Waals surface area contributed by atoms with Crippen LogP contribution in [0.2, 0.25) is 0 Å². The first-order valence-corrected chi connectivity index (χ1v) is 8.17. The lowest BCUT2D eigenvalue weighted by molar-refractivity contribution is 0.151. The smallest absolute Gasteiger partial charge is 0.252 e. The van der Waals surface area contributed by atoms with E-state index in [0.29, 0.717) is 37.6 Å². The Labute approximate surface area is 116 Å². The van der Waals surface area contributed by atoms with Crippen molar-refractivity contribution < 1.29 is 13.5 Å². The number of aliphatic hydroxyl groups excluding tert-OH is 1. The average Bonchev–Trinajstić information content (AvgIpc) is 2.89. The number of aliphatic hydroxyl groups is 1. The highest BCUT2D eigenvalue weighted by Gasteiger charge is 2.29. The van der Waals surface area contributed by atoms with Crippen molar-refractivity contribution in [2.45, 2.75) is 4.21 Å². The van der Waals surface area contributed by atoms with Gasteiger partial charge in [-0.1, -0.05) is 0 Å². The van der Waals surface area contributed by atoms with Crippen LogP contribution in [0.4, 0.5) is 0 Å². The van der Waals surface area contributed by atoms with Crippen molar-refractivity contribution in [2.24, 2.45) is 0 Å². The van der Waals surface area contributed by atoms with Gasteiger partial charge < -0.3 is 5.11 Å². The molecule has 1 fully saturated rings. The van der Waals surface area contributed by atoms with Gasteiger partial charge in [0.25, 0.3) is 10.0 Å². The summed E-state index contributed by atoms with van der Waals surface area (Å²) in [6.45, 7) is 2.74. The minimum atomic E-state index is -3.48. The van der Waals surface area contributed by atoms with Crippen LogP contribution in [-0.2, 0) is 10.0 Å². The Morgan fingerprint density at radius 2 is 2.00 bits per heavy atom. The molecular formula is C11H15N3O3S2. The van der Waals surface area contributed by atoms with Crippen molar-refractivity contribution in [3.63, 3.8) is 0 Å². The largest absolute Gasteiger partial charge is 0.395 e. The summed E-state index contributed by atoms with van der Waals surface area (Å²) in [7, 11) is -3.48. The first-order valence-electron chi connectivity index (χ1n) is 5.91. The fourth-order valence-corrected chi connectivity index (χ4v) is 4.66. The number of hydrogen-bond acceptors (Lipinski definition) is 6. The zero-order valence-corrected chi connectivity index (χ0v) is 12.0. The van der Waals surface area contributed by atoms with E-state index in [1.54, 1.807) is 0 Å². The molecule has 1 aliphatic rings. The molecule has 0 spiro atoms. The van der Waals surface area contributed by atoms with Crippen LogP contribution in [0.15, 0.2) is 16.3 Å². The molecule has 0 amide bonds. The van der Waals surface area contributed by atoms with Crippen LogP contribution in [0.5, 0.6) is 0 Å². The second-order valence-corrected chi connectivity index (χ2v) is 7.45. The number of rotatable bonds is 4. The second-order valence-electron chi connectivity index (χ2n) is 4.20. The van der Waals surface area contributed by atoms with Gasteiger partial charge in [0, 0.05) is 32.7 Å². The van der Waals surface area contributed by atoms with Gasteiger partial charge in [0.05, 0.1) is 6.61 Å². The maximum atomic E-state index is 12.3. The standard InChI is InChI=1S/C11H15N3O3S2/c12-9-10-1-2-11(18-10)19(16,17)14-5-3-13(4-6-14)7-8-15/h1-2,15H,3-8H2. The molecule has 1 aromatic heterocycles. The van der Waals surface area contributed by atoms with E-state index in [2.05, 4.69) is 0 Å². The molecule has 0 unspecified atom stereocenters. The molecule has 1 saturated heterocycles. The summed E-state index contributed by atoms with van der Waals surface area (Å²) in [6.07, 6.45) is 0. The monoisotopic (exact) mass is 301 g/mol. The first kappa shape index (κ1) is 14.4. The fraction of sp³-hybridized carbons (Fsp3) is 0.545. The molecular weight excluding hydrogens is 286 g/mol. The molecule has 19 heavy (non-hydrogen) atoms. The number of nitrogens with zero attached hydrogens (tertiary/aromatic N) is 3. The fourth-order valence-electron chi connectivity index (χ4n) is 1.98. The molecule has 0 radical (unpaired) electrons. The molecule has 6 nitrogen and oxygen atoms in total. The molecule has 0 aliphatic carbocycles.